The summed E-state index contributed by atoms with van der Waals surface area (Å²) in [4.78, 5) is 21.0. The summed E-state index contributed by atoms with van der Waals surface area (Å²) in [6.45, 7) is 12.8. The Bertz CT molecular complexity index is 1100. The van der Waals surface area contributed by atoms with Crippen molar-refractivity contribution in [3.8, 4) is 11.5 Å². The highest BCUT2D eigenvalue weighted by atomic mass is 32.2. The van der Waals surface area contributed by atoms with Crippen molar-refractivity contribution in [2.45, 2.75) is 51.2 Å². The molecule has 186 valence electrons. The van der Waals surface area contributed by atoms with Gasteiger partial charge in [-0.3, -0.25) is 4.79 Å². The largest absolute Gasteiger partial charge is 0.441 e. The number of piperidine rings is 1. The van der Waals surface area contributed by atoms with Crippen molar-refractivity contribution >= 4 is 17.7 Å². The Hall–Kier alpha value is -2.57. The Morgan fingerprint density at radius 3 is 2.43 bits per heavy atom. The first kappa shape index (κ1) is 25.5. The lowest BCUT2D eigenvalue weighted by Gasteiger charge is -2.34. The van der Waals surface area contributed by atoms with E-state index in [4.69, 9.17) is 9.40 Å². The Labute approximate surface area is 213 Å². The lowest BCUT2D eigenvalue weighted by atomic mass is 9.92. The summed E-state index contributed by atoms with van der Waals surface area (Å²) in [6.07, 6.45) is 2.30. The molecule has 3 aromatic rings. The number of rotatable bonds is 9. The molecule has 1 N–H and O–H groups in total. The standard InChI is InChI=1S/C29H37N3O2S/c1-20-6-12-26(13-7-20)35-19-27-23(4)34-29(31-27)25-10-8-24(9-11-25)28(33)30-14-5-15-32-17-21(2)16-22(3)18-32/h6-13,21-22H,5,14-19H2,1-4H3,(H,30,33)/t21-,22-/m1/s1. The average Bonchev–Trinajstić information content (AvgIpc) is 3.21. The van der Waals surface area contributed by atoms with E-state index in [-0.39, 0.29) is 5.91 Å². The SMILES string of the molecule is Cc1ccc(SCc2nc(-c3ccc(C(=O)NCCCN4C[C@H](C)C[C@@H](C)C4)cc3)oc2C)cc1. The summed E-state index contributed by atoms with van der Waals surface area (Å²) in [6, 6.07) is 16.0. The fourth-order valence-corrected chi connectivity index (χ4v) is 5.72. The smallest absolute Gasteiger partial charge is 0.251 e. The summed E-state index contributed by atoms with van der Waals surface area (Å²) in [7, 11) is 0. The van der Waals surface area contributed by atoms with Gasteiger partial charge in [0.1, 0.15) is 5.76 Å². The second-order valence-electron chi connectivity index (χ2n) is 10.0. The average molecular weight is 492 g/mol. The van der Waals surface area contributed by atoms with E-state index < -0.39 is 0 Å². The van der Waals surface area contributed by atoms with Gasteiger partial charge in [0.15, 0.2) is 0 Å². The van der Waals surface area contributed by atoms with Crippen molar-refractivity contribution in [1.29, 1.82) is 0 Å². The Balaban J connectivity index is 1.26. The molecule has 2 heterocycles. The lowest BCUT2D eigenvalue weighted by molar-refractivity contribution is 0.0947. The van der Waals surface area contributed by atoms with Gasteiger partial charge in [-0.1, -0.05) is 31.5 Å². The minimum absolute atomic E-state index is 0.0318. The molecule has 2 aromatic carbocycles. The van der Waals surface area contributed by atoms with Gasteiger partial charge in [0.2, 0.25) is 5.89 Å². The number of thioether (sulfide) groups is 1. The van der Waals surface area contributed by atoms with Gasteiger partial charge in [-0.15, -0.1) is 11.8 Å². The van der Waals surface area contributed by atoms with Crippen LogP contribution < -0.4 is 5.32 Å². The molecule has 0 bridgehead atoms. The molecule has 2 atom stereocenters. The molecule has 5 nitrogen and oxygen atoms in total. The number of amides is 1. The topological polar surface area (TPSA) is 58.4 Å². The second-order valence-corrected chi connectivity index (χ2v) is 11.1. The van der Waals surface area contributed by atoms with E-state index >= 15 is 0 Å². The van der Waals surface area contributed by atoms with Crippen LogP contribution in [0.3, 0.4) is 0 Å². The highest BCUT2D eigenvalue weighted by Gasteiger charge is 2.21. The van der Waals surface area contributed by atoms with E-state index in [9.17, 15) is 4.79 Å². The highest BCUT2D eigenvalue weighted by Crippen LogP contribution is 2.28. The molecule has 1 aliphatic rings. The molecule has 1 aliphatic heterocycles. The molecular formula is C29H37N3O2S. The number of nitrogens with one attached hydrogen (secondary N) is 1. The van der Waals surface area contributed by atoms with Gasteiger partial charge in [0, 0.05) is 41.4 Å². The maximum absolute atomic E-state index is 12.6. The Morgan fingerprint density at radius 2 is 1.74 bits per heavy atom. The molecule has 1 saturated heterocycles. The molecular weight excluding hydrogens is 454 g/mol. The normalized spacial score (nSPS) is 18.5. The van der Waals surface area contributed by atoms with Crippen LogP contribution in [0.1, 0.15) is 54.1 Å². The second kappa shape index (κ2) is 11.9. The zero-order valence-electron chi connectivity index (χ0n) is 21.3. The van der Waals surface area contributed by atoms with Crippen LogP contribution in [0.25, 0.3) is 11.5 Å². The number of benzene rings is 2. The Morgan fingerprint density at radius 1 is 1.06 bits per heavy atom. The molecule has 1 aromatic heterocycles. The monoisotopic (exact) mass is 491 g/mol. The predicted octanol–water partition coefficient (Wildman–Crippen LogP) is 6.35. The number of likely N-dealkylation sites (tertiary alicyclic amines) is 1. The number of aromatic nitrogens is 1. The fraction of sp³-hybridized carbons (Fsp3) is 0.448. The van der Waals surface area contributed by atoms with Gasteiger partial charge in [-0.05, 0) is 81.5 Å². The molecule has 0 aliphatic carbocycles. The number of nitrogens with zero attached hydrogens (tertiary/aromatic N) is 2. The van der Waals surface area contributed by atoms with E-state index in [1.165, 1.54) is 30.0 Å². The number of aryl methyl sites for hydroxylation is 2. The van der Waals surface area contributed by atoms with Gasteiger partial charge in [-0.25, -0.2) is 4.98 Å². The number of oxazole rings is 1. The minimum atomic E-state index is -0.0318. The van der Waals surface area contributed by atoms with Crippen LogP contribution in [0.2, 0.25) is 0 Å². The highest BCUT2D eigenvalue weighted by molar-refractivity contribution is 7.98. The summed E-state index contributed by atoms with van der Waals surface area (Å²) in [5.41, 5.74) is 3.75. The van der Waals surface area contributed by atoms with Crippen molar-refractivity contribution in [2.75, 3.05) is 26.2 Å². The molecule has 1 fully saturated rings. The van der Waals surface area contributed by atoms with Gasteiger partial charge in [-0.2, -0.15) is 0 Å². The van der Waals surface area contributed by atoms with Crippen LogP contribution in [0.15, 0.2) is 57.8 Å². The zero-order valence-corrected chi connectivity index (χ0v) is 22.2. The van der Waals surface area contributed by atoms with Crippen LogP contribution in [-0.2, 0) is 5.75 Å². The van der Waals surface area contributed by atoms with Crippen molar-refractivity contribution in [3.05, 3.63) is 71.1 Å². The fourth-order valence-electron chi connectivity index (χ4n) is 4.82. The Kier molecular flexibility index (Phi) is 8.69. The maximum atomic E-state index is 12.6. The molecule has 0 unspecified atom stereocenters. The van der Waals surface area contributed by atoms with Crippen LogP contribution in [0.4, 0.5) is 0 Å². The molecule has 1 amide bonds. The lowest BCUT2D eigenvalue weighted by Crippen LogP contribution is -2.40. The third-order valence-electron chi connectivity index (χ3n) is 6.56. The third kappa shape index (κ3) is 7.21. The number of hydrogen-bond acceptors (Lipinski definition) is 5. The van der Waals surface area contributed by atoms with Gasteiger partial charge in [0.05, 0.1) is 5.69 Å². The first-order valence-electron chi connectivity index (χ1n) is 12.6. The summed E-state index contributed by atoms with van der Waals surface area (Å²) < 4.78 is 5.93. The molecule has 0 saturated carbocycles. The summed E-state index contributed by atoms with van der Waals surface area (Å²) in [5, 5.41) is 3.06. The molecule has 4 rings (SSSR count). The first-order chi connectivity index (χ1) is 16.9. The number of carbonyl (C=O) groups excluding carboxylic acids is 1. The predicted molar refractivity (Wildman–Crippen MR) is 144 cm³/mol. The molecule has 6 heteroatoms. The van der Waals surface area contributed by atoms with E-state index in [0.29, 0.717) is 18.0 Å². The molecule has 0 radical (unpaired) electrons. The van der Waals surface area contributed by atoms with Crippen molar-refractivity contribution in [3.63, 3.8) is 0 Å². The maximum Gasteiger partial charge on any atom is 0.251 e. The zero-order chi connectivity index (χ0) is 24.8. The van der Waals surface area contributed by atoms with E-state index in [2.05, 4.69) is 55.3 Å². The van der Waals surface area contributed by atoms with Crippen LogP contribution >= 0.6 is 11.8 Å². The van der Waals surface area contributed by atoms with E-state index in [0.717, 1.165) is 47.6 Å². The van der Waals surface area contributed by atoms with Crippen molar-refractivity contribution < 1.29 is 9.21 Å². The van der Waals surface area contributed by atoms with Crippen LogP contribution in [0.5, 0.6) is 0 Å². The van der Waals surface area contributed by atoms with Gasteiger partial charge < -0.3 is 14.6 Å². The number of hydrogen-bond donors (Lipinski definition) is 1. The molecule has 35 heavy (non-hydrogen) atoms. The quantitative estimate of drug-likeness (QED) is 0.279. The van der Waals surface area contributed by atoms with Crippen LogP contribution in [-0.4, -0.2) is 42.0 Å². The third-order valence-corrected chi connectivity index (χ3v) is 7.59. The van der Waals surface area contributed by atoms with Crippen LogP contribution in [0, 0.1) is 25.7 Å². The summed E-state index contributed by atoms with van der Waals surface area (Å²) in [5.74, 6) is 3.69. The minimum Gasteiger partial charge on any atom is -0.441 e. The van der Waals surface area contributed by atoms with E-state index in [1.54, 1.807) is 11.8 Å². The van der Waals surface area contributed by atoms with Gasteiger partial charge in [0.25, 0.3) is 5.91 Å². The number of carbonyl (C=O) groups is 1. The molecule has 0 spiro atoms. The van der Waals surface area contributed by atoms with Crippen molar-refractivity contribution in [1.82, 2.24) is 15.2 Å². The van der Waals surface area contributed by atoms with Crippen molar-refractivity contribution in [2.24, 2.45) is 11.8 Å². The summed E-state index contributed by atoms with van der Waals surface area (Å²) >= 11 is 1.75. The van der Waals surface area contributed by atoms with E-state index in [1.807, 2.05) is 31.2 Å². The first-order valence-corrected chi connectivity index (χ1v) is 13.6. The van der Waals surface area contributed by atoms with Gasteiger partial charge >= 0.3 is 0 Å².